The second kappa shape index (κ2) is 7.81. The summed E-state index contributed by atoms with van der Waals surface area (Å²) >= 11 is 0. The van der Waals surface area contributed by atoms with E-state index < -0.39 is 12.2 Å². The number of hydrogen-bond acceptors (Lipinski definition) is 4. The zero-order valence-corrected chi connectivity index (χ0v) is 19.0. The lowest BCUT2D eigenvalue weighted by Gasteiger charge is -2.38. The largest absolute Gasteiger partial charge is 0.454 e. The highest BCUT2D eigenvalue weighted by atomic mass is 16.6. The van der Waals surface area contributed by atoms with Gasteiger partial charge in [0.1, 0.15) is 12.2 Å². The van der Waals surface area contributed by atoms with Crippen molar-refractivity contribution in [2.75, 3.05) is 0 Å². The van der Waals surface area contributed by atoms with Crippen molar-refractivity contribution in [3.8, 4) is 0 Å². The van der Waals surface area contributed by atoms with E-state index in [1.165, 1.54) is 21.9 Å². The predicted octanol–water partition coefficient (Wildman–Crippen LogP) is 6.12. The van der Waals surface area contributed by atoms with Crippen LogP contribution in [-0.2, 0) is 9.47 Å². The Morgan fingerprint density at radius 2 is 1.03 bits per heavy atom. The summed E-state index contributed by atoms with van der Waals surface area (Å²) in [5.74, 6) is -0.000433. The van der Waals surface area contributed by atoms with Crippen LogP contribution in [0.2, 0.25) is 0 Å². The summed E-state index contributed by atoms with van der Waals surface area (Å²) in [6, 6.07) is 31.1. The first-order chi connectivity index (χ1) is 17.2. The van der Waals surface area contributed by atoms with E-state index in [-0.39, 0.29) is 35.6 Å². The Morgan fingerprint density at radius 1 is 0.571 bits per heavy atom. The van der Waals surface area contributed by atoms with Gasteiger partial charge in [0.25, 0.3) is 0 Å². The molecule has 4 aromatic carbocycles. The Labute approximate surface area is 203 Å². The van der Waals surface area contributed by atoms with Crippen molar-refractivity contribution in [3.05, 3.63) is 119 Å². The molecule has 3 aliphatic carbocycles. The predicted molar refractivity (Wildman–Crippen MR) is 132 cm³/mol. The fourth-order valence-electron chi connectivity index (χ4n) is 6.95. The molecule has 0 aliphatic heterocycles. The molecule has 0 amide bonds. The molecule has 0 aromatic heterocycles. The molecule has 6 unspecified atom stereocenters. The fraction of sp³-hybridized carbons (Fsp3) is 0.226. The molecule has 3 aliphatic rings. The summed E-state index contributed by atoms with van der Waals surface area (Å²) in [6.07, 6.45) is -0.0862. The van der Waals surface area contributed by atoms with Gasteiger partial charge in [-0.2, -0.15) is 0 Å². The third kappa shape index (κ3) is 3.06. The third-order valence-electron chi connectivity index (χ3n) is 8.21. The molecule has 2 fully saturated rings. The van der Waals surface area contributed by atoms with Gasteiger partial charge in [-0.1, -0.05) is 72.8 Å². The first kappa shape index (κ1) is 20.5. The van der Waals surface area contributed by atoms with Crippen molar-refractivity contribution in [2.45, 2.75) is 30.5 Å². The number of benzene rings is 4. The molecule has 4 heteroatoms. The topological polar surface area (TPSA) is 52.6 Å². The van der Waals surface area contributed by atoms with Gasteiger partial charge >= 0.3 is 11.9 Å². The van der Waals surface area contributed by atoms with Gasteiger partial charge in [0.2, 0.25) is 0 Å². The average molecular weight is 461 g/mol. The van der Waals surface area contributed by atoms with E-state index in [9.17, 15) is 9.59 Å². The molecule has 4 nitrogen and oxygen atoms in total. The first-order valence-electron chi connectivity index (χ1n) is 12.2. The lowest BCUT2D eigenvalue weighted by atomic mass is 9.75. The van der Waals surface area contributed by atoms with Gasteiger partial charge in [-0.15, -0.1) is 0 Å². The number of ether oxygens (including phenoxy) is 2. The van der Waals surface area contributed by atoms with Crippen LogP contribution in [0.15, 0.2) is 97.1 Å². The van der Waals surface area contributed by atoms with E-state index in [2.05, 4.69) is 36.4 Å². The number of carbonyl (C=O) groups is 2. The maximum absolute atomic E-state index is 13.1. The molecule has 35 heavy (non-hydrogen) atoms. The van der Waals surface area contributed by atoms with Gasteiger partial charge in [0.15, 0.2) is 0 Å². The second-order valence-electron chi connectivity index (χ2n) is 9.88. The highest BCUT2D eigenvalue weighted by Crippen LogP contribution is 2.66. The zero-order chi connectivity index (χ0) is 23.5. The highest BCUT2D eigenvalue weighted by molar-refractivity contribution is 5.93. The number of rotatable bonds is 4. The molecule has 172 valence electrons. The molecule has 0 heterocycles. The Morgan fingerprint density at radius 3 is 1.49 bits per heavy atom. The van der Waals surface area contributed by atoms with E-state index in [0.717, 1.165) is 6.42 Å². The maximum atomic E-state index is 13.1. The van der Waals surface area contributed by atoms with Crippen LogP contribution in [-0.4, -0.2) is 24.1 Å². The second-order valence-corrected chi connectivity index (χ2v) is 9.88. The van der Waals surface area contributed by atoms with Crippen molar-refractivity contribution >= 4 is 22.7 Å². The Balaban J connectivity index is 1.28. The zero-order valence-electron chi connectivity index (χ0n) is 19.0. The van der Waals surface area contributed by atoms with Crippen LogP contribution in [0.25, 0.3) is 10.8 Å². The van der Waals surface area contributed by atoms with Gasteiger partial charge in [-0.05, 0) is 64.4 Å². The van der Waals surface area contributed by atoms with Crippen LogP contribution in [0.4, 0.5) is 0 Å². The summed E-state index contributed by atoms with van der Waals surface area (Å²) in [5, 5.41) is 2.56. The van der Waals surface area contributed by atoms with Gasteiger partial charge in [-0.3, -0.25) is 0 Å². The molecule has 2 saturated carbocycles. The SMILES string of the molecule is O=C(OC1C2CC(C1OC(=O)c1ccccc1)C1c3cccc4cccc(c34)C21)c1ccccc1. The lowest BCUT2D eigenvalue weighted by molar-refractivity contribution is -0.0633. The summed E-state index contributed by atoms with van der Waals surface area (Å²) < 4.78 is 12.3. The minimum atomic E-state index is -0.480. The summed E-state index contributed by atoms with van der Waals surface area (Å²) in [4.78, 5) is 26.2. The Bertz CT molecular complexity index is 1340. The standard InChI is InChI=1S/C31H24O4/c32-30(19-9-3-1-4-10-19)34-28-23-17-24(29(28)35-31(33)20-11-5-2-6-12-20)27-22-16-8-14-18-13-7-15-21(25(18)22)26(23)27/h1-16,23-24,26-29H,17H2. The first-order valence-corrected chi connectivity index (χ1v) is 12.2. The molecule has 6 atom stereocenters. The Kier molecular flexibility index (Phi) is 4.56. The smallest absolute Gasteiger partial charge is 0.338 e. The summed E-state index contributed by atoms with van der Waals surface area (Å²) in [7, 11) is 0. The average Bonchev–Trinajstić information content (AvgIpc) is 3.56. The van der Waals surface area contributed by atoms with Crippen molar-refractivity contribution in [2.24, 2.45) is 11.8 Å². The van der Waals surface area contributed by atoms with Gasteiger partial charge in [0.05, 0.1) is 11.1 Å². The van der Waals surface area contributed by atoms with E-state index in [1.807, 2.05) is 36.4 Å². The molecule has 0 N–H and O–H groups in total. The van der Waals surface area contributed by atoms with Crippen molar-refractivity contribution in [1.82, 2.24) is 0 Å². The quantitative estimate of drug-likeness (QED) is 0.344. The van der Waals surface area contributed by atoms with Crippen LogP contribution in [0.5, 0.6) is 0 Å². The van der Waals surface area contributed by atoms with Gasteiger partial charge in [-0.25, -0.2) is 9.59 Å². The molecule has 4 aromatic rings. The van der Waals surface area contributed by atoms with Crippen LogP contribution >= 0.6 is 0 Å². The molecule has 7 rings (SSSR count). The lowest BCUT2D eigenvalue weighted by Crippen LogP contribution is -2.44. The molecular formula is C31H24O4. The third-order valence-corrected chi connectivity index (χ3v) is 8.21. The molecular weight excluding hydrogens is 436 g/mol. The number of carbonyl (C=O) groups excluding carboxylic acids is 2. The molecule has 2 bridgehead atoms. The monoisotopic (exact) mass is 460 g/mol. The summed E-state index contributed by atoms with van der Waals surface area (Å²) in [5.41, 5.74) is 3.70. The van der Waals surface area contributed by atoms with E-state index in [4.69, 9.17) is 9.47 Å². The van der Waals surface area contributed by atoms with Crippen molar-refractivity contribution < 1.29 is 19.1 Å². The van der Waals surface area contributed by atoms with Gasteiger partial charge < -0.3 is 9.47 Å². The highest BCUT2D eigenvalue weighted by Gasteiger charge is 2.64. The summed E-state index contributed by atoms with van der Waals surface area (Å²) in [6.45, 7) is 0. The van der Waals surface area contributed by atoms with Crippen LogP contribution in [0, 0.1) is 11.8 Å². The molecule has 0 saturated heterocycles. The van der Waals surface area contributed by atoms with Gasteiger partial charge in [0, 0.05) is 11.8 Å². The van der Waals surface area contributed by atoms with Crippen molar-refractivity contribution in [1.29, 1.82) is 0 Å². The van der Waals surface area contributed by atoms with E-state index in [0.29, 0.717) is 11.1 Å². The van der Waals surface area contributed by atoms with Crippen LogP contribution < -0.4 is 0 Å². The Hall–Kier alpha value is -3.92. The fourth-order valence-corrected chi connectivity index (χ4v) is 6.95. The van der Waals surface area contributed by atoms with E-state index in [1.54, 1.807) is 24.3 Å². The minimum absolute atomic E-state index is 0.101. The number of hydrogen-bond donors (Lipinski definition) is 0. The van der Waals surface area contributed by atoms with E-state index >= 15 is 0 Å². The number of esters is 2. The molecule has 0 radical (unpaired) electrons. The maximum Gasteiger partial charge on any atom is 0.338 e. The van der Waals surface area contributed by atoms with Crippen LogP contribution in [0.1, 0.15) is 50.1 Å². The number of fused-ring (bicyclic) bond motifs is 7. The van der Waals surface area contributed by atoms with Crippen LogP contribution in [0.3, 0.4) is 0 Å². The normalized spacial score (nSPS) is 27.5. The molecule has 0 spiro atoms. The minimum Gasteiger partial charge on any atom is -0.454 e. The van der Waals surface area contributed by atoms with Crippen molar-refractivity contribution in [3.63, 3.8) is 0 Å².